The van der Waals surface area contributed by atoms with Crippen LogP contribution >= 0.6 is 0 Å². The summed E-state index contributed by atoms with van der Waals surface area (Å²) in [5, 5.41) is 11.5. The predicted molar refractivity (Wildman–Crippen MR) is 128 cm³/mol. The summed E-state index contributed by atoms with van der Waals surface area (Å²) in [5.74, 6) is -3.70. The quantitative estimate of drug-likeness (QED) is 0.298. The number of carboxylic acids is 1. The van der Waals surface area contributed by atoms with E-state index in [-0.39, 0.29) is 29.2 Å². The molecule has 0 aliphatic heterocycles. The molecule has 36 heavy (non-hydrogen) atoms. The topological polar surface area (TPSA) is 77.0 Å². The summed E-state index contributed by atoms with van der Waals surface area (Å²) in [5.41, 5.74) is 0.250. The molecule has 9 heteroatoms. The van der Waals surface area contributed by atoms with Crippen LogP contribution in [0.5, 0.6) is 17.2 Å². The summed E-state index contributed by atoms with van der Waals surface area (Å²) in [6, 6.07) is 15.3. The summed E-state index contributed by atoms with van der Waals surface area (Å²) < 4.78 is 60.1. The zero-order chi connectivity index (χ0) is 26.1. The Bertz CT molecular complexity index is 1140. The molecule has 0 fully saturated rings. The number of carbonyl (C=O) groups is 1. The van der Waals surface area contributed by atoms with Crippen molar-refractivity contribution in [2.24, 2.45) is 0 Å². The molecular formula is C27H28F3NO5. The van der Waals surface area contributed by atoms with Gasteiger partial charge in [-0.2, -0.15) is 8.78 Å². The van der Waals surface area contributed by atoms with E-state index in [1.807, 2.05) is 0 Å². The predicted octanol–water partition coefficient (Wildman–Crippen LogP) is 5.56. The minimum Gasteiger partial charge on any atom is -0.493 e. The Labute approximate surface area is 207 Å². The summed E-state index contributed by atoms with van der Waals surface area (Å²) in [6.07, 6.45) is 0.612. The van der Waals surface area contributed by atoms with E-state index >= 15 is 8.78 Å². The molecule has 0 aromatic heterocycles. The van der Waals surface area contributed by atoms with Crippen LogP contribution in [0.15, 0.2) is 66.7 Å². The van der Waals surface area contributed by atoms with Gasteiger partial charge in [-0.05, 0) is 79.5 Å². The second-order valence-electron chi connectivity index (χ2n) is 8.04. The van der Waals surface area contributed by atoms with Gasteiger partial charge in [0.1, 0.15) is 17.7 Å². The molecule has 0 amide bonds. The van der Waals surface area contributed by atoms with E-state index in [9.17, 15) is 9.18 Å². The third-order valence-corrected chi connectivity index (χ3v) is 5.58. The number of aliphatic carboxylic acids is 1. The van der Waals surface area contributed by atoms with E-state index in [0.717, 1.165) is 5.56 Å². The number of methoxy groups -OCH3 is 2. The lowest BCUT2D eigenvalue weighted by atomic mass is 9.99. The molecule has 0 radical (unpaired) electrons. The number of rotatable bonds is 13. The Balaban J connectivity index is 1.75. The molecule has 3 aromatic carbocycles. The monoisotopic (exact) mass is 503 g/mol. The normalized spacial score (nSPS) is 12.1. The van der Waals surface area contributed by atoms with Crippen LogP contribution in [0.3, 0.4) is 0 Å². The average Bonchev–Trinajstić information content (AvgIpc) is 2.88. The molecule has 0 aliphatic rings. The van der Waals surface area contributed by atoms with E-state index in [1.54, 1.807) is 12.1 Å². The third kappa shape index (κ3) is 6.91. The second kappa shape index (κ2) is 12.3. The summed E-state index contributed by atoms with van der Waals surface area (Å²) in [7, 11) is 2.81. The van der Waals surface area contributed by atoms with Gasteiger partial charge in [-0.3, -0.25) is 4.79 Å². The molecule has 0 aliphatic carbocycles. The van der Waals surface area contributed by atoms with Gasteiger partial charge < -0.3 is 24.6 Å². The van der Waals surface area contributed by atoms with Gasteiger partial charge in [-0.25, -0.2) is 4.39 Å². The van der Waals surface area contributed by atoms with Crippen molar-refractivity contribution in [1.82, 2.24) is 5.32 Å². The van der Waals surface area contributed by atoms with Crippen molar-refractivity contribution >= 4 is 5.97 Å². The summed E-state index contributed by atoms with van der Waals surface area (Å²) in [6.45, 7) is 0.293. The maximum absolute atomic E-state index is 15.2. The van der Waals surface area contributed by atoms with Crippen LogP contribution in [0.2, 0.25) is 0 Å². The molecule has 0 saturated heterocycles. The molecule has 0 saturated carbocycles. The number of hydrogen-bond acceptors (Lipinski definition) is 5. The Hall–Kier alpha value is -3.72. The fourth-order valence-electron chi connectivity index (χ4n) is 3.68. The zero-order valence-corrected chi connectivity index (χ0v) is 20.0. The van der Waals surface area contributed by atoms with Crippen molar-refractivity contribution in [3.05, 3.63) is 89.2 Å². The molecule has 0 bridgehead atoms. The van der Waals surface area contributed by atoms with Gasteiger partial charge in [-0.1, -0.05) is 12.1 Å². The highest BCUT2D eigenvalue weighted by Crippen LogP contribution is 2.40. The molecule has 3 rings (SSSR count). The van der Waals surface area contributed by atoms with Gasteiger partial charge >= 0.3 is 5.97 Å². The number of ether oxygens (including phenoxy) is 3. The van der Waals surface area contributed by atoms with Crippen LogP contribution in [-0.2, 0) is 10.7 Å². The molecule has 6 nitrogen and oxygen atoms in total. The van der Waals surface area contributed by atoms with E-state index in [0.29, 0.717) is 30.9 Å². The lowest BCUT2D eigenvalue weighted by Crippen LogP contribution is -2.24. The van der Waals surface area contributed by atoms with Crippen molar-refractivity contribution < 1.29 is 37.3 Å². The van der Waals surface area contributed by atoms with Crippen molar-refractivity contribution in [3.8, 4) is 17.2 Å². The van der Waals surface area contributed by atoms with Crippen molar-refractivity contribution in [1.29, 1.82) is 0 Å². The first-order chi connectivity index (χ1) is 17.2. The molecule has 3 aromatic rings. The van der Waals surface area contributed by atoms with Crippen molar-refractivity contribution in [2.45, 2.75) is 24.9 Å². The number of nitrogens with one attached hydrogen (secondary N) is 1. The Morgan fingerprint density at radius 3 is 2.19 bits per heavy atom. The standard InChI is InChI=1S/C27H28F3NO5/c1-34-24-14-9-20(16-25(24)35-2)27(29,30)19-7-12-22(13-8-19)36-23(4-3-15-31-17-26(32)33)18-5-10-21(28)11-6-18/h5-14,16,23,31H,3-4,15,17H2,1-2H3,(H,32,33). The van der Waals surface area contributed by atoms with E-state index in [4.69, 9.17) is 19.3 Å². The first kappa shape index (κ1) is 26.9. The number of hydrogen-bond donors (Lipinski definition) is 2. The maximum atomic E-state index is 15.2. The van der Waals surface area contributed by atoms with Crippen LogP contribution in [0, 0.1) is 5.82 Å². The van der Waals surface area contributed by atoms with Gasteiger partial charge in [0.25, 0.3) is 5.92 Å². The van der Waals surface area contributed by atoms with Gasteiger partial charge in [0, 0.05) is 11.1 Å². The fourth-order valence-corrected chi connectivity index (χ4v) is 3.68. The Kier molecular flexibility index (Phi) is 9.19. The van der Waals surface area contributed by atoms with Crippen LogP contribution in [0.25, 0.3) is 0 Å². The van der Waals surface area contributed by atoms with Crippen molar-refractivity contribution in [2.75, 3.05) is 27.3 Å². The molecule has 1 unspecified atom stereocenters. The number of alkyl halides is 2. The number of carboxylic acid groups (broad SMARTS) is 1. The van der Waals surface area contributed by atoms with E-state index in [2.05, 4.69) is 5.32 Å². The van der Waals surface area contributed by atoms with Crippen LogP contribution in [0.1, 0.15) is 35.6 Å². The molecule has 1 atom stereocenters. The largest absolute Gasteiger partial charge is 0.493 e. The zero-order valence-electron chi connectivity index (χ0n) is 20.0. The van der Waals surface area contributed by atoms with Gasteiger partial charge in [0.2, 0.25) is 0 Å². The highest BCUT2D eigenvalue weighted by molar-refractivity contribution is 5.68. The molecule has 2 N–H and O–H groups in total. The van der Waals surface area contributed by atoms with Crippen molar-refractivity contribution in [3.63, 3.8) is 0 Å². The van der Waals surface area contributed by atoms with Gasteiger partial charge in [0.15, 0.2) is 11.5 Å². The highest BCUT2D eigenvalue weighted by Gasteiger charge is 2.35. The van der Waals surface area contributed by atoms with E-state index in [1.165, 1.54) is 68.8 Å². The van der Waals surface area contributed by atoms with Crippen LogP contribution in [-0.4, -0.2) is 38.4 Å². The molecule has 192 valence electrons. The average molecular weight is 504 g/mol. The number of halogens is 3. The van der Waals surface area contributed by atoms with Crippen LogP contribution < -0.4 is 19.5 Å². The lowest BCUT2D eigenvalue weighted by Gasteiger charge is -2.22. The fraction of sp³-hybridized carbons (Fsp3) is 0.296. The third-order valence-electron chi connectivity index (χ3n) is 5.58. The minimum absolute atomic E-state index is 0.155. The lowest BCUT2D eigenvalue weighted by molar-refractivity contribution is -0.135. The molecular weight excluding hydrogens is 475 g/mol. The minimum atomic E-state index is -3.29. The van der Waals surface area contributed by atoms with E-state index < -0.39 is 18.0 Å². The molecule has 0 spiro atoms. The number of benzene rings is 3. The summed E-state index contributed by atoms with van der Waals surface area (Å²) in [4.78, 5) is 10.7. The van der Waals surface area contributed by atoms with Crippen LogP contribution in [0.4, 0.5) is 13.2 Å². The van der Waals surface area contributed by atoms with Gasteiger partial charge in [-0.15, -0.1) is 0 Å². The Morgan fingerprint density at radius 2 is 1.58 bits per heavy atom. The SMILES string of the molecule is COc1ccc(C(F)(F)c2ccc(OC(CCCNCC(=O)O)c3ccc(F)cc3)cc2)cc1OC. The maximum Gasteiger partial charge on any atom is 0.317 e. The first-order valence-electron chi connectivity index (χ1n) is 11.3. The second-order valence-corrected chi connectivity index (χ2v) is 8.04. The first-order valence-corrected chi connectivity index (χ1v) is 11.3. The highest BCUT2D eigenvalue weighted by atomic mass is 19.3. The Morgan fingerprint density at radius 1 is 0.944 bits per heavy atom. The van der Waals surface area contributed by atoms with Gasteiger partial charge in [0.05, 0.1) is 20.8 Å². The summed E-state index contributed by atoms with van der Waals surface area (Å²) >= 11 is 0. The smallest absolute Gasteiger partial charge is 0.317 e. The molecule has 0 heterocycles.